The standard InChI is InChI=1S/C19H30S/c1-18-8-3-4-14(18)13-6-5-12-10-16-17(20-16)11-19(12,2)15(13)7-9-18/h12-17H,3-11H2,1-2H3/t12?,13-,14-,15-,16?,17+,18-,19-/m0/s1. The van der Waals surface area contributed by atoms with Crippen molar-refractivity contribution in [3.8, 4) is 0 Å². The van der Waals surface area contributed by atoms with Crippen molar-refractivity contribution in [1.29, 1.82) is 0 Å². The quantitative estimate of drug-likeness (QED) is 0.530. The molecule has 1 saturated heterocycles. The van der Waals surface area contributed by atoms with Crippen LogP contribution in [0.1, 0.15) is 71.6 Å². The molecule has 0 aromatic rings. The number of rotatable bonds is 0. The summed E-state index contributed by atoms with van der Waals surface area (Å²) in [5.74, 6) is 4.40. The Morgan fingerprint density at radius 2 is 1.80 bits per heavy atom. The number of hydrogen-bond acceptors (Lipinski definition) is 1. The molecule has 0 bridgehead atoms. The normalized spacial score (nSPS) is 63.9. The topological polar surface area (TPSA) is 0 Å². The van der Waals surface area contributed by atoms with Crippen LogP contribution in [0.5, 0.6) is 0 Å². The molecule has 1 aliphatic heterocycles. The molecule has 0 aromatic heterocycles. The van der Waals surface area contributed by atoms with Crippen molar-refractivity contribution in [3.63, 3.8) is 0 Å². The summed E-state index contributed by atoms with van der Waals surface area (Å²) in [5.41, 5.74) is 1.48. The Morgan fingerprint density at radius 1 is 0.900 bits per heavy atom. The van der Waals surface area contributed by atoms with Gasteiger partial charge in [-0.15, -0.1) is 0 Å². The molecule has 1 heteroatoms. The summed E-state index contributed by atoms with van der Waals surface area (Å²) in [4.78, 5) is 0. The summed E-state index contributed by atoms with van der Waals surface area (Å²) < 4.78 is 0. The fraction of sp³-hybridized carbons (Fsp3) is 1.00. The molecule has 4 aliphatic carbocycles. The summed E-state index contributed by atoms with van der Waals surface area (Å²) in [6, 6.07) is 0. The first-order valence-electron chi connectivity index (χ1n) is 9.26. The van der Waals surface area contributed by atoms with Crippen molar-refractivity contribution >= 4 is 11.8 Å². The minimum absolute atomic E-state index is 0.734. The van der Waals surface area contributed by atoms with Gasteiger partial charge in [0.2, 0.25) is 0 Å². The zero-order valence-electron chi connectivity index (χ0n) is 13.2. The van der Waals surface area contributed by atoms with Crippen molar-refractivity contribution in [3.05, 3.63) is 0 Å². The summed E-state index contributed by atoms with van der Waals surface area (Å²) >= 11 is 2.32. The molecular formula is C19H30S. The van der Waals surface area contributed by atoms with E-state index in [1.54, 1.807) is 51.4 Å². The first kappa shape index (κ1) is 12.9. The van der Waals surface area contributed by atoms with Crippen LogP contribution in [0.15, 0.2) is 0 Å². The van der Waals surface area contributed by atoms with E-state index in [2.05, 4.69) is 25.6 Å². The lowest BCUT2D eigenvalue weighted by atomic mass is 9.45. The third kappa shape index (κ3) is 1.57. The lowest BCUT2D eigenvalue weighted by molar-refractivity contribution is -0.0979. The predicted molar refractivity (Wildman–Crippen MR) is 86.9 cm³/mol. The van der Waals surface area contributed by atoms with Gasteiger partial charge in [-0.1, -0.05) is 20.3 Å². The van der Waals surface area contributed by atoms with Gasteiger partial charge in [0.05, 0.1) is 0 Å². The third-order valence-corrected chi connectivity index (χ3v) is 10.1. The summed E-state index contributed by atoms with van der Waals surface area (Å²) in [7, 11) is 0. The molecule has 4 saturated carbocycles. The molecule has 1 heterocycles. The maximum Gasteiger partial charge on any atom is 0.0175 e. The van der Waals surface area contributed by atoms with E-state index in [1.165, 1.54) is 6.42 Å². The van der Waals surface area contributed by atoms with Crippen molar-refractivity contribution in [2.75, 3.05) is 0 Å². The highest BCUT2D eigenvalue weighted by Crippen LogP contribution is 2.70. The van der Waals surface area contributed by atoms with Gasteiger partial charge in [0.25, 0.3) is 0 Å². The monoisotopic (exact) mass is 290 g/mol. The maximum absolute atomic E-state index is 2.72. The van der Waals surface area contributed by atoms with Crippen LogP contribution in [0.3, 0.4) is 0 Å². The second-order valence-corrected chi connectivity index (χ2v) is 10.9. The number of thioether (sulfide) groups is 1. The maximum atomic E-state index is 2.72. The average molecular weight is 291 g/mol. The molecule has 0 radical (unpaired) electrons. The molecule has 5 rings (SSSR count). The lowest BCUT2D eigenvalue weighted by Crippen LogP contribution is -2.52. The molecule has 5 aliphatic rings. The second-order valence-electron chi connectivity index (χ2n) is 9.39. The minimum atomic E-state index is 0.734. The Balaban J connectivity index is 1.48. The Labute approximate surface area is 128 Å². The van der Waals surface area contributed by atoms with Crippen LogP contribution >= 0.6 is 11.8 Å². The molecule has 0 N–H and O–H groups in total. The molecule has 0 spiro atoms. The van der Waals surface area contributed by atoms with Crippen LogP contribution in [0.4, 0.5) is 0 Å². The van der Waals surface area contributed by atoms with Crippen LogP contribution in [0, 0.1) is 34.5 Å². The van der Waals surface area contributed by atoms with Gasteiger partial charge in [0, 0.05) is 10.5 Å². The van der Waals surface area contributed by atoms with E-state index < -0.39 is 0 Å². The molecule has 112 valence electrons. The molecule has 0 amide bonds. The van der Waals surface area contributed by atoms with E-state index in [4.69, 9.17) is 0 Å². The van der Waals surface area contributed by atoms with Gasteiger partial charge in [-0.3, -0.25) is 0 Å². The van der Waals surface area contributed by atoms with Gasteiger partial charge in [0.1, 0.15) is 0 Å². The molecule has 0 aromatic carbocycles. The van der Waals surface area contributed by atoms with E-state index in [0.29, 0.717) is 0 Å². The highest BCUT2D eigenvalue weighted by molar-refractivity contribution is 8.07. The molecule has 8 atom stereocenters. The van der Waals surface area contributed by atoms with Crippen LogP contribution in [0.25, 0.3) is 0 Å². The van der Waals surface area contributed by atoms with Crippen LogP contribution < -0.4 is 0 Å². The van der Waals surface area contributed by atoms with Crippen LogP contribution in [-0.4, -0.2) is 10.5 Å². The van der Waals surface area contributed by atoms with Gasteiger partial charge >= 0.3 is 0 Å². The van der Waals surface area contributed by atoms with Crippen LogP contribution in [0.2, 0.25) is 0 Å². The van der Waals surface area contributed by atoms with Gasteiger partial charge in [-0.2, -0.15) is 11.8 Å². The van der Waals surface area contributed by atoms with E-state index in [-0.39, 0.29) is 0 Å². The van der Waals surface area contributed by atoms with Crippen molar-refractivity contribution < 1.29 is 0 Å². The van der Waals surface area contributed by atoms with Gasteiger partial charge in [-0.25, -0.2) is 0 Å². The smallest absolute Gasteiger partial charge is 0.0175 e. The summed E-state index contributed by atoms with van der Waals surface area (Å²) in [6.45, 7) is 5.37. The van der Waals surface area contributed by atoms with Gasteiger partial charge in [0.15, 0.2) is 0 Å². The zero-order chi connectivity index (χ0) is 13.5. The van der Waals surface area contributed by atoms with Crippen molar-refractivity contribution in [2.45, 2.75) is 82.1 Å². The van der Waals surface area contributed by atoms with Gasteiger partial charge in [-0.05, 0) is 85.9 Å². The van der Waals surface area contributed by atoms with Crippen molar-refractivity contribution in [1.82, 2.24) is 0 Å². The summed E-state index contributed by atoms with van der Waals surface area (Å²) in [6.07, 6.45) is 14.1. The molecule has 5 fully saturated rings. The third-order valence-electron chi connectivity index (χ3n) is 8.69. The fourth-order valence-electron chi connectivity index (χ4n) is 7.51. The van der Waals surface area contributed by atoms with E-state index in [9.17, 15) is 0 Å². The predicted octanol–water partition coefficient (Wildman–Crippen LogP) is 5.51. The number of hydrogen-bond donors (Lipinski definition) is 0. The fourth-order valence-corrected chi connectivity index (χ4v) is 8.88. The minimum Gasteiger partial charge on any atom is -0.153 e. The Bertz CT molecular complexity index is 431. The SMILES string of the molecule is C[C@@]12CCC[C@H]1[C@@H]1CCC3CC4S[C@@H]4C[C@]3(C)[C@H]1CC2. The van der Waals surface area contributed by atoms with Crippen LogP contribution in [-0.2, 0) is 0 Å². The first-order chi connectivity index (χ1) is 9.60. The number of fused-ring (bicyclic) bond motifs is 6. The average Bonchev–Trinajstić information content (AvgIpc) is 3.03. The van der Waals surface area contributed by atoms with Gasteiger partial charge < -0.3 is 0 Å². The first-order valence-corrected chi connectivity index (χ1v) is 10.2. The second kappa shape index (κ2) is 4.00. The highest BCUT2D eigenvalue weighted by atomic mass is 32.2. The molecular weight excluding hydrogens is 260 g/mol. The molecule has 20 heavy (non-hydrogen) atoms. The van der Waals surface area contributed by atoms with Crippen molar-refractivity contribution in [2.24, 2.45) is 34.5 Å². The van der Waals surface area contributed by atoms with E-state index >= 15 is 0 Å². The largest absolute Gasteiger partial charge is 0.153 e. The zero-order valence-corrected chi connectivity index (χ0v) is 14.1. The molecule has 2 unspecified atom stereocenters. The highest BCUT2D eigenvalue weighted by Gasteiger charge is 2.61. The Hall–Kier alpha value is 0.350. The Morgan fingerprint density at radius 3 is 2.70 bits per heavy atom. The Kier molecular flexibility index (Phi) is 2.57. The summed E-state index contributed by atoms with van der Waals surface area (Å²) in [5, 5.41) is 2.16. The lowest BCUT2D eigenvalue weighted by Gasteiger charge is -2.59. The van der Waals surface area contributed by atoms with E-state index in [1.807, 2.05) is 0 Å². The molecule has 0 nitrogen and oxygen atoms in total. The van der Waals surface area contributed by atoms with E-state index in [0.717, 1.165) is 45.0 Å².